The third-order valence-electron chi connectivity index (χ3n) is 4.24. The molecule has 1 unspecified atom stereocenters. The maximum Gasteiger partial charge on any atom is 0.126 e. The van der Waals surface area contributed by atoms with Gasteiger partial charge in [0.05, 0.1) is 0 Å². The fourth-order valence-corrected chi connectivity index (χ4v) is 3.30. The second-order valence-electron chi connectivity index (χ2n) is 5.60. The van der Waals surface area contributed by atoms with Gasteiger partial charge in [-0.2, -0.15) is 0 Å². The Balaban J connectivity index is 2.19. The monoisotopic (exact) mass is 267 g/mol. The lowest BCUT2D eigenvalue weighted by Crippen LogP contribution is -2.21. The van der Waals surface area contributed by atoms with Crippen LogP contribution in [0.3, 0.4) is 0 Å². The minimum Gasteiger partial charge on any atom is -0.320 e. The zero-order chi connectivity index (χ0) is 13.7. The van der Waals surface area contributed by atoms with E-state index in [0.29, 0.717) is 5.92 Å². The molecule has 1 aromatic rings. The Labute approximate surface area is 114 Å². The predicted molar refractivity (Wildman–Crippen MR) is 74.2 cm³/mol. The van der Waals surface area contributed by atoms with Gasteiger partial charge in [0.1, 0.15) is 11.6 Å². The van der Waals surface area contributed by atoms with Crippen LogP contribution in [0.25, 0.3) is 0 Å². The van der Waals surface area contributed by atoms with Crippen LogP contribution in [0.15, 0.2) is 18.2 Å². The van der Waals surface area contributed by atoms with Crippen molar-refractivity contribution in [3.05, 3.63) is 35.4 Å². The molecule has 106 valence electrons. The van der Waals surface area contributed by atoms with Gasteiger partial charge in [-0.25, -0.2) is 8.78 Å². The Bertz CT molecular complexity index is 379. The van der Waals surface area contributed by atoms with Crippen LogP contribution in [0, 0.1) is 17.6 Å². The lowest BCUT2D eigenvalue weighted by atomic mass is 9.75. The van der Waals surface area contributed by atoms with E-state index in [1.54, 1.807) is 0 Å². The van der Waals surface area contributed by atoms with Gasteiger partial charge in [0.15, 0.2) is 0 Å². The van der Waals surface area contributed by atoms with Crippen molar-refractivity contribution in [2.24, 2.45) is 5.92 Å². The molecule has 1 fully saturated rings. The average molecular weight is 267 g/mol. The molecule has 1 atom stereocenters. The molecule has 0 aromatic heterocycles. The topological polar surface area (TPSA) is 12.0 Å². The molecule has 1 aromatic carbocycles. The highest BCUT2D eigenvalue weighted by Crippen LogP contribution is 2.38. The van der Waals surface area contributed by atoms with Crippen LogP contribution < -0.4 is 5.32 Å². The summed E-state index contributed by atoms with van der Waals surface area (Å²) in [6.45, 7) is 0.888. The first kappa shape index (κ1) is 14.4. The van der Waals surface area contributed by atoms with Gasteiger partial charge in [-0.05, 0) is 62.4 Å². The van der Waals surface area contributed by atoms with Gasteiger partial charge in [-0.1, -0.05) is 19.3 Å². The van der Waals surface area contributed by atoms with E-state index in [9.17, 15) is 8.78 Å². The summed E-state index contributed by atoms with van der Waals surface area (Å²) in [5.74, 6) is -0.0678. The molecule has 2 rings (SSSR count). The molecular formula is C16H23F2N. The molecule has 1 nitrogen and oxygen atoms in total. The van der Waals surface area contributed by atoms with Crippen molar-refractivity contribution in [2.75, 3.05) is 13.6 Å². The van der Waals surface area contributed by atoms with Crippen molar-refractivity contribution < 1.29 is 8.78 Å². The van der Waals surface area contributed by atoms with Gasteiger partial charge in [-0.3, -0.25) is 0 Å². The summed E-state index contributed by atoms with van der Waals surface area (Å²) < 4.78 is 26.8. The zero-order valence-corrected chi connectivity index (χ0v) is 11.6. The number of halogens is 2. The normalized spacial score (nSPS) is 18.5. The Morgan fingerprint density at radius 2 is 1.74 bits per heavy atom. The first-order valence-electron chi connectivity index (χ1n) is 7.31. The molecule has 0 aliphatic heterocycles. The molecule has 1 aliphatic rings. The van der Waals surface area contributed by atoms with E-state index in [1.807, 2.05) is 7.05 Å². The fraction of sp³-hybridized carbons (Fsp3) is 0.625. The molecule has 0 saturated heterocycles. The highest BCUT2D eigenvalue weighted by molar-refractivity contribution is 5.23. The second kappa shape index (κ2) is 6.99. The summed E-state index contributed by atoms with van der Waals surface area (Å²) in [6, 6.07) is 3.98. The van der Waals surface area contributed by atoms with E-state index in [2.05, 4.69) is 5.32 Å². The van der Waals surface area contributed by atoms with Crippen LogP contribution in [0.4, 0.5) is 8.78 Å². The summed E-state index contributed by atoms with van der Waals surface area (Å²) in [4.78, 5) is 0. The number of rotatable bonds is 5. The largest absolute Gasteiger partial charge is 0.320 e. The van der Waals surface area contributed by atoms with Crippen molar-refractivity contribution in [3.8, 4) is 0 Å². The van der Waals surface area contributed by atoms with Crippen LogP contribution in [-0.4, -0.2) is 13.6 Å². The van der Waals surface area contributed by atoms with E-state index < -0.39 is 11.6 Å². The predicted octanol–water partition coefficient (Wildman–Crippen LogP) is 4.24. The minimum atomic E-state index is -0.458. The minimum absolute atomic E-state index is 0.276. The Kier molecular flexibility index (Phi) is 5.32. The molecule has 1 aliphatic carbocycles. The molecule has 3 heteroatoms. The van der Waals surface area contributed by atoms with E-state index in [1.165, 1.54) is 44.2 Å². The van der Waals surface area contributed by atoms with E-state index in [0.717, 1.165) is 24.6 Å². The molecule has 1 saturated carbocycles. The molecule has 0 spiro atoms. The zero-order valence-electron chi connectivity index (χ0n) is 11.6. The molecule has 19 heavy (non-hydrogen) atoms. The van der Waals surface area contributed by atoms with Gasteiger partial charge in [0, 0.05) is 6.07 Å². The van der Waals surface area contributed by atoms with E-state index >= 15 is 0 Å². The van der Waals surface area contributed by atoms with Gasteiger partial charge in [-0.15, -0.1) is 0 Å². The van der Waals surface area contributed by atoms with Crippen molar-refractivity contribution in [1.82, 2.24) is 5.32 Å². The molecule has 0 amide bonds. The van der Waals surface area contributed by atoms with Gasteiger partial charge < -0.3 is 5.32 Å². The fourth-order valence-electron chi connectivity index (χ4n) is 3.30. The lowest BCUT2D eigenvalue weighted by Gasteiger charge is -2.31. The number of nitrogens with one attached hydrogen (secondary N) is 1. The third-order valence-corrected chi connectivity index (χ3v) is 4.24. The van der Waals surface area contributed by atoms with E-state index in [-0.39, 0.29) is 5.92 Å². The van der Waals surface area contributed by atoms with Crippen molar-refractivity contribution in [1.29, 1.82) is 0 Å². The first-order chi connectivity index (χ1) is 9.20. The Hall–Kier alpha value is -0.960. The summed E-state index contributed by atoms with van der Waals surface area (Å²) in [6.07, 6.45) is 7.12. The highest BCUT2D eigenvalue weighted by atomic mass is 19.1. The lowest BCUT2D eigenvalue weighted by molar-refractivity contribution is 0.292. The van der Waals surface area contributed by atoms with Crippen molar-refractivity contribution in [2.45, 2.75) is 44.4 Å². The maximum atomic E-state index is 13.4. The van der Waals surface area contributed by atoms with Gasteiger partial charge in [0.25, 0.3) is 0 Å². The third kappa shape index (κ3) is 4.00. The Morgan fingerprint density at radius 3 is 2.32 bits per heavy atom. The van der Waals surface area contributed by atoms with Crippen LogP contribution in [-0.2, 0) is 0 Å². The van der Waals surface area contributed by atoms with Crippen molar-refractivity contribution >= 4 is 0 Å². The van der Waals surface area contributed by atoms with Crippen LogP contribution in [0.2, 0.25) is 0 Å². The maximum absolute atomic E-state index is 13.4. The van der Waals surface area contributed by atoms with Gasteiger partial charge in [0.2, 0.25) is 0 Å². The van der Waals surface area contributed by atoms with Crippen LogP contribution in [0.5, 0.6) is 0 Å². The highest BCUT2D eigenvalue weighted by Gasteiger charge is 2.25. The number of benzene rings is 1. The van der Waals surface area contributed by atoms with Crippen LogP contribution >= 0.6 is 0 Å². The molecular weight excluding hydrogens is 244 g/mol. The average Bonchev–Trinajstić information content (AvgIpc) is 2.39. The smallest absolute Gasteiger partial charge is 0.126 e. The second-order valence-corrected chi connectivity index (χ2v) is 5.60. The summed E-state index contributed by atoms with van der Waals surface area (Å²) >= 11 is 0. The molecule has 0 radical (unpaired) electrons. The quantitative estimate of drug-likeness (QED) is 0.841. The molecule has 0 heterocycles. The molecule has 1 N–H and O–H groups in total. The summed E-state index contributed by atoms with van der Waals surface area (Å²) in [5.41, 5.74) is 0.833. The first-order valence-corrected chi connectivity index (χ1v) is 7.31. The number of hydrogen-bond acceptors (Lipinski definition) is 1. The van der Waals surface area contributed by atoms with Crippen LogP contribution in [0.1, 0.15) is 50.0 Å². The number of hydrogen-bond donors (Lipinski definition) is 1. The Morgan fingerprint density at radius 1 is 1.11 bits per heavy atom. The van der Waals surface area contributed by atoms with E-state index in [4.69, 9.17) is 0 Å². The summed E-state index contributed by atoms with van der Waals surface area (Å²) in [5, 5.41) is 3.15. The molecule has 0 bridgehead atoms. The van der Waals surface area contributed by atoms with Crippen molar-refractivity contribution in [3.63, 3.8) is 0 Å². The standard InChI is InChI=1S/C16H23F2N/c1-19-8-7-16(12-5-3-2-4-6-12)13-9-14(17)11-15(18)10-13/h9-12,16,19H,2-8H2,1H3. The van der Waals surface area contributed by atoms with Gasteiger partial charge >= 0.3 is 0 Å². The SMILES string of the molecule is CNCCC(c1cc(F)cc(F)c1)C1CCCCC1. The summed E-state index contributed by atoms with van der Waals surface area (Å²) in [7, 11) is 1.92.